The number of carbonyl (C=O) groups excluding carboxylic acids is 2. The van der Waals surface area contributed by atoms with Crippen LogP contribution in [0.15, 0.2) is 11.6 Å². The van der Waals surface area contributed by atoms with Crippen molar-refractivity contribution in [1.29, 1.82) is 0 Å². The van der Waals surface area contributed by atoms with Crippen molar-refractivity contribution in [2.45, 2.75) is 59.5 Å². The summed E-state index contributed by atoms with van der Waals surface area (Å²) in [5, 5.41) is 24.5. The fourth-order valence-electron chi connectivity index (χ4n) is 2.81. The van der Waals surface area contributed by atoms with Crippen LogP contribution in [0.3, 0.4) is 0 Å². The number of likely N-dealkylation sites (N-methyl/N-ethyl adjacent to an activating group) is 2. The predicted molar refractivity (Wildman–Crippen MR) is 109 cm³/mol. The molecule has 0 aliphatic heterocycles. The number of carboxylic acids is 1. The van der Waals surface area contributed by atoms with E-state index < -0.39 is 35.5 Å². The third kappa shape index (κ3) is 7.24. The average Bonchev–Trinajstić information content (AvgIpc) is 2.59. The number of hydrogen-bond donors (Lipinski definition) is 4. The van der Waals surface area contributed by atoms with Gasteiger partial charge in [0.05, 0.1) is 6.61 Å². The van der Waals surface area contributed by atoms with Crippen LogP contribution in [0.2, 0.25) is 0 Å². The van der Waals surface area contributed by atoms with E-state index in [1.807, 2.05) is 34.6 Å². The van der Waals surface area contributed by atoms with Crippen molar-refractivity contribution in [3.05, 3.63) is 11.6 Å². The minimum absolute atomic E-state index is 0.114. The largest absolute Gasteiger partial charge is 0.478 e. The summed E-state index contributed by atoms with van der Waals surface area (Å²) in [6.45, 7) is 10.6. The summed E-state index contributed by atoms with van der Waals surface area (Å²) < 4.78 is 0. The number of nitrogens with one attached hydrogen (secondary N) is 2. The zero-order valence-corrected chi connectivity index (χ0v) is 18.4. The Balaban J connectivity index is 5.59. The van der Waals surface area contributed by atoms with E-state index in [2.05, 4.69) is 10.6 Å². The molecule has 0 aliphatic carbocycles. The average molecular weight is 400 g/mol. The highest BCUT2D eigenvalue weighted by Crippen LogP contribution is 2.23. The Morgan fingerprint density at radius 2 is 1.71 bits per heavy atom. The number of aliphatic hydroxyl groups excluding tert-OH is 1. The van der Waals surface area contributed by atoms with Crippen LogP contribution >= 0.6 is 0 Å². The number of carbonyl (C=O) groups is 3. The highest BCUT2D eigenvalue weighted by atomic mass is 16.4. The minimum atomic E-state index is -1.18. The van der Waals surface area contributed by atoms with Crippen LogP contribution in [0.1, 0.15) is 48.0 Å². The maximum atomic E-state index is 13.0. The van der Waals surface area contributed by atoms with Crippen molar-refractivity contribution < 1.29 is 24.6 Å². The molecule has 8 nitrogen and oxygen atoms in total. The molecule has 0 aromatic rings. The first-order valence-corrected chi connectivity index (χ1v) is 9.47. The summed E-state index contributed by atoms with van der Waals surface area (Å²) in [7, 11) is 3.17. The Morgan fingerprint density at radius 3 is 2.07 bits per heavy atom. The van der Waals surface area contributed by atoms with E-state index >= 15 is 0 Å². The standard InChI is InChI=1S/C20H37N3O5/c1-13(2)11-20(12-24,21-7)18(28)22-15(19(4,5)6)16(25)23(8)10-9-14(3)17(26)27/h9,13,15,21,24H,10-12H2,1-8H3,(H,22,28)(H,26,27)/b14-9+. The molecule has 0 saturated heterocycles. The third-order valence-electron chi connectivity index (χ3n) is 4.71. The van der Waals surface area contributed by atoms with Crippen LogP contribution in [0.25, 0.3) is 0 Å². The topological polar surface area (TPSA) is 119 Å². The third-order valence-corrected chi connectivity index (χ3v) is 4.71. The summed E-state index contributed by atoms with van der Waals surface area (Å²) in [6.07, 6.45) is 1.86. The highest BCUT2D eigenvalue weighted by Gasteiger charge is 2.42. The van der Waals surface area contributed by atoms with Gasteiger partial charge in [0.2, 0.25) is 11.8 Å². The first-order valence-electron chi connectivity index (χ1n) is 9.47. The lowest BCUT2D eigenvalue weighted by Gasteiger charge is -2.38. The number of carboxylic acid groups (broad SMARTS) is 1. The number of aliphatic carboxylic acids is 1. The van der Waals surface area contributed by atoms with Crippen molar-refractivity contribution in [3.8, 4) is 0 Å². The van der Waals surface area contributed by atoms with Gasteiger partial charge in [0.1, 0.15) is 11.6 Å². The zero-order chi connectivity index (χ0) is 22.3. The molecule has 0 aromatic heterocycles. The van der Waals surface area contributed by atoms with E-state index in [-0.39, 0.29) is 23.9 Å². The first-order chi connectivity index (χ1) is 12.7. The van der Waals surface area contributed by atoms with Crippen LogP contribution in [-0.4, -0.2) is 71.7 Å². The molecule has 0 radical (unpaired) electrons. The molecule has 0 heterocycles. The number of aliphatic hydroxyl groups is 1. The fraction of sp³-hybridized carbons (Fsp3) is 0.750. The van der Waals surface area contributed by atoms with Gasteiger partial charge in [-0.05, 0) is 31.7 Å². The van der Waals surface area contributed by atoms with Gasteiger partial charge in [0.25, 0.3) is 0 Å². The summed E-state index contributed by atoms with van der Waals surface area (Å²) in [5.41, 5.74) is -1.63. The van der Waals surface area contributed by atoms with Crippen molar-refractivity contribution in [2.75, 3.05) is 27.2 Å². The van der Waals surface area contributed by atoms with E-state index in [1.165, 1.54) is 17.9 Å². The SMILES string of the molecule is CNC(CO)(CC(C)C)C(=O)NC(C(=O)N(C)C/C=C(\C)C(=O)O)C(C)(C)C. The maximum Gasteiger partial charge on any atom is 0.331 e. The summed E-state index contributed by atoms with van der Waals surface area (Å²) >= 11 is 0. The predicted octanol–water partition coefficient (Wildman–Crippen LogP) is 1.00. The van der Waals surface area contributed by atoms with Gasteiger partial charge in [-0.25, -0.2) is 4.79 Å². The summed E-state index contributed by atoms with van der Waals surface area (Å²) in [5.74, 6) is -1.66. The van der Waals surface area contributed by atoms with Gasteiger partial charge in [-0.15, -0.1) is 0 Å². The quantitative estimate of drug-likeness (QED) is 0.407. The van der Waals surface area contributed by atoms with Gasteiger partial charge in [-0.3, -0.25) is 9.59 Å². The molecule has 8 heteroatoms. The number of amides is 2. The molecule has 28 heavy (non-hydrogen) atoms. The van der Waals surface area contributed by atoms with E-state index in [0.29, 0.717) is 6.42 Å². The van der Waals surface area contributed by atoms with Gasteiger partial charge in [-0.1, -0.05) is 40.7 Å². The monoisotopic (exact) mass is 399 g/mol. The highest BCUT2D eigenvalue weighted by molar-refractivity contribution is 5.93. The molecule has 2 atom stereocenters. The van der Waals surface area contributed by atoms with Gasteiger partial charge < -0.3 is 25.7 Å². The Hall–Kier alpha value is -1.93. The van der Waals surface area contributed by atoms with Gasteiger partial charge in [0.15, 0.2) is 0 Å². The molecule has 0 spiro atoms. The molecule has 2 unspecified atom stereocenters. The summed E-state index contributed by atoms with van der Waals surface area (Å²) in [4.78, 5) is 38.3. The van der Waals surface area contributed by atoms with Gasteiger partial charge >= 0.3 is 5.97 Å². The lowest BCUT2D eigenvalue weighted by molar-refractivity contribution is -0.141. The Kier molecular flexibility index (Phi) is 9.84. The van der Waals surface area contributed by atoms with Crippen LogP contribution in [0.4, 0.5) is 0 Å². The molecule has 0 aromatic carbocycles. The Morgan fingerprint density at radius 1 is 1.18 bits per heavy atom. The van der Waals surface area contributed by atoms with Crippen molar-refractivity contribution in [2.24, 2.45) is 11.3 Å². The fourth-order valence-corrected chi connectivity index (χ4v) is 2.81. The number of nitrogens with zero attached hydrogens (tertiary/aromatic N) is 1. The van der Waals surface area contributed by atoms with Crippen molar-refractivity contribution in [3.63, 3.8) is 0 Å². The van der Waals surface area contributed by atoms with Crippen molar-refractivity contribution in [1.82, 2.24) is 15.5 Å². The first kappa shape index (κ1) is 26.1. The van der Waals surface area contributed by atoms with Gasteiger partial charge in [0, 0.05) is 19.2 Å². The molecule has 4 N–H and O–H groups in total. The van der Waals surface area contributed by atoms with Crippen LogP contribution < -0.4 is 10.6 Å². The molecule has 0 saturated carbocycles. The molecule has 0 rings (SSSR count). The normalized spacial score (nSPS) is 15.7. The number of hydrogen-bond acceptors (Lipinski definition) is 5. The second-order valence-electron chi connectivity index (χ2n) is 8.77. The molecular weight excluding hydrogens is 362 g/mol. The lowest BCUT2D eigenvalue weighted by atomic mass is 9.83. The number of rotatable bonds is 10. The summed E-state index contributed by atoms with van der Waals surface area (Å²) in [6, 6.07) is -0.838. The lowest BCUT2D eigenvalue weighted by Crippen LogP contribution is -2.64. The van der Waals surface area contributed by atoms with Gasteiger partial charge in [-0.2, -0.15) is 0 Å². The van der Waals surface area contributed by atoms with E-state index in [0.717, 1.165) is 0 Å². The van der Waals surface area contributed by atoms with Crippen LogP contribution in [0.5, 0.6) is 0 Å². The Labute approximate surface area is 168 Å². The van der Waals surface area contributed by atoms with E-state index in [1.54, 1.807) is 14.1 Å². The molecule has 0 fully saturated rings. The molecule has 162 valence electrons. The second kappa shape index (κ2) is 10.6. The van der Waals surface area contributed by atoms with E-state index in [4.69, 9.17) is 5.11 Å². The van der Waals surface area contributed by atoms with Crippen molar-refractivity contribution >= 4 is 17.8 Å². The minimum Gasteiger partial charge on any atom is -0.478 e. The van der Waals surface area contributed by atoms with Crippen LogP contribution in [0, 0.1) is 11.3 Å². The molecule has 2 amide bonds. The molecule has 0 bridgehead atoms. The zero-order valence-electron chi connectivity index (χ0n) is 18.4. The smallest absolute Gasteiger partial charge is 0.331 e. The molecular formula is C20H37N3O5. The maximum absolute atomic E-state index is 13.0. The van der Waals surface area contributed by atoms with E-state index in [9.17, 15) is 19.5 Å². The Bertz CT molecular complexity index is 589. The molecule has 0 aliphatic rings. The second-order valence-corrected chi connectivity index (χ2v) is 8.77. The van der Waals surface area contributed by atoms with Crippen LogP contribution in [-0.2, 0) is 14.4 Å².